The van der Waals surface area contributed by atoms with Gasteiger partial charge in [0.25, 0.3) is 0 Å². The monoisotopic (exact) mass is 226 g/mol. The lowest BCUT2D eigenvalue weighted by atomic mass is 10.1. The van der Waals surface area contributed by atoms with E-state index in [4.69, 9.17) is 4.74 Å². The molecule has 1 unspecified atom stereocenters. The zero-order valence-electron chi connectivity index (χ0n) is 10.0. The van der Waals surface area contributed by atoms with Gasteiger partial charge < -0.3 is 4.74 Å². The lowest BCUT2D eigenvalue weighted by molar-refractivity contribution is 0.0110. The van der Waals surface area contributed by atoms with E-state index in [-0.39, 0.29) is 0 Å². The number of aliphatic imine (C=N–C) groups is 1. The summed E-state index contributed by atoms with van der Waals surface area (Å²) in [5.41, 5.74) is -0.524. The van der Waals surface area contributed by atoms with Crippen LogP contribution in [-0.2, 0) is 9.53 Å². The largest absolute Gasteiger partial charge is 0.444 e. The first-order valence-electron chi connectivity index (χ1n) is 5.50. The summed E-state index contributed by atoms with van der Waals surface area (Å²) in [6.07, 6.45) is 3.29. The maximum atomic E-state index is 11.8. The molecule has 1 saturated heterocycles. The summed E-state index contributed by atoms with van der Waals surface area (Å²) in [7, 11) is 0. The third-order valence-electron chi connectivity index (χ3n) is 2.30. The van der Waals surface area contributed by atoms with Crippen molar-refractivity contribution in [2.75, 3.05) is 6.54 Å². The molecule has 90 valence electrons. The van der Waals surface area contributed by atoms with Gasteiger partial charge in [-0.05, 0) is 40.0 Å². The minimum absolute atomic E-state index is 0.402. The minimum atomic E-state index is -0.524. The molecule has 0 radical (unpaired) electrons. The molecule has 1 amide bonds. The van der Waals surface area contributed by atoms with Crippen molar-refractivity contribution in [2.24, 2.45) is 4.99 Å². The molecule has 0 aromatic rings. The number of hydrogen-bond donors (Lipinski definition) is 0. The molecule has 1 heterocycles. The van der Waals surface area contributed by atoms with E-state index in [1.54, 1.807) is 0 Å². The molecule has 1 fully saturated rings. The maximum Gasteiger partial charge on any atom is 0.412 e. The molecule has 0 spiro atoms. The zero-order chi connectivity index (χ0) is 12.2. The van der Waals surface area contributed by atoms with E-state index < -0.39 is 17.9 Å². The number of ether oxygens (including phenoxy) is 1. The lowest BCUT2D eigenvalue weighted by Gasteiger charge is -2.33. The Bertz CT molecular complexity index is 303. The normalized spacial score (nSPS) is 21.2. The SMILES string of the molecule is CC(C)(C)OC(=O)N1CCCCC1N=C=O. The Morgan fingerprint density at radius 2 is 2.12 bits per heavy atom. The number of carbonyl (C=O) groups is 1. The third-order valence-corrected chi connectivity index (χ3v) is 2.30. The number of nitrogens with zero attached hydrogens (tertiary/aromatic N) is 2. The predicted molar refractivity (Wildman–Crippen MR) is 58.7 cm³/mol. The highest BCUT2D eigenvalue weighted by Gasteiger charge is 2.30. The maximum absolute atomic E-state index is 11.8. The summed E-state index contributed by atoms with van der Waals surface area (Å²) in [6.45, 7) is 6.03. The third kappa shape index (κ3) is 3.66. The molecule has 0 aromatic heterocycles. The van der Waals surface area contributed by atoms with Crippen LogP contribution in [0.2, 0.25) is 0 Å². The first-order valence-corrected chi connectivity index (χ1v) is 5.50. The van der Waals surface area contributed by atoms with Crippen LogP contribution in [0.3, 0.4) is 0 Å². The Kier molecular flexibility index (Phi) is 4.07. The summed E-state index contributed by atoms with van der Waals surface area (Å²) < 4.78 is 5.25. The summed E-state index contributed by atoms with van der Waals surface area (Å²) in [5.74, 6) is 0. The van der Waals surface area contributed by atoms with Crippen LogP contribution in [0.4, 0.5) is 4.79 Å². The van der Waals surface area contributed by atoms with Gasteiger partial charge in [-0.15, -0.1) is 0 Å². The van der Waals surface area contributed by atoms with Gasteiger partial charge in [0.1, 0.15) is 11.8 Å². The highest BCUT2D eigenvalue weighted by Crippen LogP contribution is 2.20. The number of hydrogen-bond acceptors (Lipinski definition) is 4. The smallest absolute Gasteiger partial charge is 0.412 e. The summed E-state index contributed by atoms with van der Waals surface area (Å²) in [4.78, 5) is 27.2. The van der Waals surface area contributed by atoms with E-state index >= 15 is 0 Å². The van der Waals surface area contributed by atoms with Crippen molar-refractivity contribution in [1.29, 1.82) is 0 Å². The molecule has 0 saturated carbocycles. The molecule has 1 aliphatic rings. The van der Waals surface area contributed by atoms with Crippen LogP contribution in [0.25, 0.3) is 0 Å². The highest BCUT2D eigenvalue weighted by molar-refractivity contribution is 5.68. The fraction of sp³-hybridized carbons (Fsp3) is 0.818. The van der Waals surface area contributed by atoms with Crippen LogP contribution in [0, 0.1) is 0 Å². The van der Waals surface area contributed by atoms with Gasteiger partial charge in [0.15, 0.2) is 0 Å². The van der Waals surface area contributed by atoms with E-state index in [2.05, 4.69) is 4.99 Å². The van der Waals surface area contributed by atoms with Gasteiger partial charge >= 0.3 is 6.09 Å². The van der Waals surface area contributed by atoms with Gasteiger partial charge in [-0.3, -0.25) is 4.90 Å². The Morgan fingerprint density at radius 1 is 1.44 bits per heavy atom. The molecule has 1 atom stereocenters. The Hall–Kier alpha value is -1.35. The van der Waals surface area contributed by atoms with Crippen LogP contribution >= 0.6 is 0 Å². The van der Waals surface area contributed by atoms with Crippen LogP contribution in [-0.4, -0.2) is 35.4 Å². The summed E-state index contributed by atoms with van der Waals surface area (Å²) in [5, 5.41) is 0. The van der Waals surface area contributed by atoms with Gasteiger partial charge in [-0.1, -0.05) is 0 Å². The average Bonchev–Trinajstić information content (AvgIpc) is 2.16. The van der Waals surface area contributed by atoms with Gasteiger partial charge in [-0.2, -0.15) is 4.99 Å². The molecular weight excluding hydrogens is 208 g/mol. The second-order valence-corrected chi connectivity index (χ2v) is 4.87. The molecule has 5 nitrogen and oxygen atoms in total. The van der Waals surface area contributed by atoms with Crippen LogP contribution < -0.4 is 0 Å². The first-order chi connectivity index (χ1) is 7.44. The Balaban J connectivity index is 2.68. The average molecular weight is 226 g/mol. The zero-order valence-corrected chi connectivity index (χ0v) is 10.0. The van der Waals surface area contributed by atoms with Crippen molar-refractivity contribution in [3.05, 3.63) is 0 Å². The van der Waals surface area contributed by atoms with E-state index in [9.17, 15) is 9.59 Å². The molecule has 0 bridgehead atoms. The summed E-state index contributed by atoms with van der Waals surface area (Å²) >= 11 is 0. The quantitative estimate of drug-likeness (QED) is 0.508. The van der Waals surface area contributed by atoms with Crippen molar-refractivity contribution in [1.82, 2.24) is 4.90 Å². The molecular formula is C11H18N2O3. The van der Waals surface area contributed by atoms with Crippen LogP contribution in [0.1, 0.15) is 40.0 Å². The molecule has 1 rings (SSSR count). The second kappa shape index (κ2) is 5.12. The molecule has 5 heteroatoms. The molecule has 0 aliphatic carbocycles. The number of piperidine rings is 1. The van der Waals surface area contributed by atoms with Crippen molar-refractivity contribution >= 4 is 12.2 Å². The van der Waals surface area contributed by atoms with Crippen molar-refractivity contribution in [3.63, 3.8) is 0 Å². The fourth-order valence-electron chi connectivity index (χ4n) is 1.64. The summed E-state index contributed by atoms with van der Waals surface area (Å²) in [6, 6.07) is 0. The highest BCUT2D eigenvalue weighted by atomic mass is 16.6. The topological polar surface area (TPSA) is 59.0 Å². The first kappa shape index (κ1) is 12.7. The van der Waals surface area contributed by atoms with Gasteiger partial charge in [0.05, 0.1) is 0 Å². The Labute approximate surface area is 95.5 Å². The van der Waals surface area contributed by atoms with Crippen molar-refractivity contribution in [2.45, 2.75) is 51.8 Å². The lowest BCUT2D eigenvalue weighted by Crippen LogP contribution is -2.45. The minimum Gasteiger partial charge on any atom is -0.444 e. The second-order valence-electron chi connectivity index (χ2n) is 4.87. The predicted octanol–water partition coefficient (Wildman–Crippen LogP) is 2.07. The standard InChI is InChI=1S/C11H18N2O3/c1-11(2,3)16-10(15)13-7-5-4-6-9(13)12-8-14/h9H,4-7H2,1-3H3. The van der Waals surface area contributed by atoms with Crippen LogP contribution in [0.15, 0.2) is 4.99 Å². The molecule has 0 aromatic carbocycles. The number of rotatable bonds is 1. The number of amides is 1. The van der Waals surface area contributed by atoms with Gasteiger partial charge in [0.2, 0.25) is 6.08 Å². The van der Waals surface area contributed by atoms with E-state index in [0.29, 0.717) is 13.0 Å². The number of isocyanates is 1. The van der Waals surface area contributed by atoms with Crippen molar-refractivity contribution in [3.8, 4) is 0 Å². The van der Waals surface area contributed by atoms with Crippen LogP contribution in [0.5, 0.6) is 0 Å². The van der Waals surface area contributed by atoms with E-state index in [1.807, 2.05) is 20.8 Å². The number of likely N-dealkylation sites (tertiary alicyclic amines) is 1. The molecule has 1 aliphatic heterocycles. The van der Waals surface area contributed by atoms with Gasteiger partial charge in [-0.25, -0.2) is 9.59 Å². The van der Waals surface area contributed by atoms with E-state index in [1.165, 1.54) is 11.0 Å². The van der Waals surface area contributed by atoms with Crippen molar-refractivity contribution < 1.29 is 14.3 Å². The number of carbonyl (C=O) groups excluding carboxylic acids is 2. The molecule has 0 N–H and O–H groups in total. The Morgan fingerprint density at radius 3 is 2.69 bits per heavy atom. The van der Waals surface area contributed by atoms with Gasteiger partial charge in [0, 0.05) is 6.54 Å². The van der Waals surface area contributed by atoms with E-state index in [0.717, 1.165) is 12.8 Å². The molecule has 16 heavy (non-hydrogen) atoms. The fourth-order valence-corrected chi connectivity index (χ4v) is 1.64.